The first-order chi connectivity index (χ1) is 13.2. The molecule has 0 spiro atoms. The molecule has 0 fully saturated rings. The molecule has 1 atom stereocenters. The van der Waals surface area contributed by atoms with E-state index < -0.39 is 10.0 Å². The SMILES string of the molecule is CC[C@@H](C)NC(=O)c1ccccc1NS(=O)(=O)c1ccc(OC)c(C(C)C)c1. The van der Waals surface area contributed by atoms with Crippen LogP contribution in [0.25, 0.3) is 0 Å². The van der Waals surface area contributed by atoms with Gasteiger partial charge in [0.15, 0.2) is 0 Å². The minimum atomic E-state index is -3.87. The largest absolute Gasteiger partial charge is 0.496 e. The summed E-state index contributed by atoms with van der Waals surface area (Å²) in [5.74, 6) is 0.422. The maximum absolute atomic E-state index is 12.9. The predicted molar refractivity (Wildman–Crippen MR) is 112 cm³/mol. The molecule has 28 heavy (non-hydrogen) atoms. The molecule has 0 bridgehead atoms. The van der Waals surface area contributed by atoms with E-state index in [4.69, 9.17) is 4.74 Å². The van der Waals surface area contributed by atoms with E-state index in [-0.39, 0.29) is 34.0 Å². The average Bonchev–Trinajstić information content (AvgIpc) is 2.67. The lowest BCUT2D eigenvalue weighted by Gasteiger charge is -2.17. The van der Waals surface area contributed by atoms with Crippen molar-refractivity contribution in [2.24, 2.45) is 0 Å². The molecule has 2 aromatic carbocycles. The van der Waals surface area contributed by atoms with Crippen LogP contribution < -0.4 is 14.8 Å². The van der Waals surface area contributed by atoms with E-state index in [0.29, 0.717) is 5.75 Å². The zero-order valence-corrected chi connectivity index (χ0v) is 17.8. The van der Waals surface area contributed by atoms with Crippen LogP contribution in [0.1, 0.15) is 56.0 Å². The Hall–Kier alpha value is -2.54. The maximum atomic E-state index is 12.9. The topological polar surface area (TPSA) is 84.5 Å². The molecule has 1 amide bonds. The van der Waals surface area contributed by atoms with Gasteiger partial charge in [0.05, 0.1) is 23.3 Å². The standard InChI is InChI=1S/C21H28N2O4S/c1-6-15(4)22-21(24)17-9-7-8-10-19(17)23-28(25,26)16-11-12-20(27-5)18(13-16)14(2)3/h7-15,23H,6H2,1-5H3,(H,22,24)/t15-/m1/s1. The molecule has 0 unspecified atom stereocenters. The van der Waals surface area contributed by atoms with Crippen LogP contribution in [-0.4, -0.2) is 27.5 Å². The molecule has 2 aromatic rings. The Morgan fingerprint density at radius 1 is 1.11 bits per heavy atom. The van der Waals surface area contributed by atoms with Crippen molar-refractivity contribution in [2.45, 2.75) is 51.0 Å². The van der Waals surface area contributed by atoms with Crippen molar-refractivity contribution < 1.29 is 17.9 Å². The van der Waals surface area contributed by atoms with Gasteiger partial charge in [0.2, 0.25) is 0 Å². The van der Waals surface area contributed by atoms with Gasteiger partial charge in [-0.1, -0.05) is 32.9 Å². The Labute approximate surface area is 167 Å². The highest BCUT2D eigenvalue weighted by molar-refractivity contribution is 7.92. The lowest BCUT2D eigenvalue weighted by atomic mass is 10.0. The van der Waals surface area contributed by atoms with Gasteiger partial charge in [0.1, 0.15) is 5.75 Å². The van der Waals surface area contributed by atoms with Gasteiger partial charge in [0.25, 0.3) is 15.9 Å². The summed E-state index contributed by atoms with van der Waals surface area (Å²) in [4.78, 5) is 12.6. The second-order valence-corrected chi connectivity index (χ2v) is 8.67. The smallest absolute Gasteiger partial charge is 0.261 e. The molecule has 0 saturated carbocycles. The van der Waals surface area contributed by atoms with E-state index >= 15 is 0 Å². The van der Waals surface area contributed by atoms with E-state index in [1.807, 2.05) is 27.7 Å². The molecule has 6 nitrogen and oxygen atoms in total. The molecule has 0 aromatic heterocycles. The third kappa shape index (κ3) is 5.04. The van der Waals surface area contributed by atoms with Gasteiger partial charge < -0.3 is 10.1 Å². The lowest BCUT2D eigenvalue weighted by Crippen LogP contribution is -2.32. The second kappa shape index (κ2) is 9.10. The van der Waals surface area contributed by atoms with E-state index in [9.17, 15) is 13.2 Å². The fourth-order valence-electron chi connectivity index (χ4n) is 2.71. The fourth-order valence-corrected chi connectivity index (χ4v) is 3.82. The van der Waals surface area contributed by atoms with Crippen molar-refractivity contribution in [3.8, 4) is 5.75 Å². The normalized spacial score (nSPS) is 12.5. The molecule has 7 heteroatoms. The molecule has 0 aliphatic heterocycles. The van der Waals surface area contributed by atoms with Crippen molar-refractivity contribution in [1.82, 2.24) is 5.32 Å². The summed E-state index contributed by atoms with van der Waals surface area (Å²) in [5.41, 5.74) is 1.32. The summed E-state index contributed by atoms with van der Waals surface area (Å²) in [6, 6.07) is 11.3. The molecular formula is C21H28N2O4S. The molecule has 0 radical (unpaired) electrons. The lowest BCUT2D eigenvalue weighted by molar-refractivity contribution is 0.0940. The Morgan fingerprint density at radius 2 is 1.79 bits per heavy atom. The van der Waals surface area contributed by atoms with Crippen LogP contribution in [0.15, 0.2) is 47.4 Å². The van der Waals surface area contributed by atoms with Crippen LogP contribution in [0.2, 0.25) is 0 Å². The number of rotatable bonds is 8. The summed E-state index contributed by atoms with van der Waals surface area (Å²) in [5, 5.41) is 2.86. The van der Waals surface area contributed by atoms with Gasteiger partial charge in [-0.3, -0.25) is 9.52 Å². The van der Waals surface area contributed by atoms with E-state index in [2.05, 4.69) is 10.0 Å². The first kappa shape index (κ1) is 21.8. The summed E-state index contributed by atoms with van der Waals surface area (Å²) >= 11 is 0. The number of amides is 1. The summed E-state index contributed by atoms with van der Waals surface area (Å²) in [6.07, 6.45) is 0.781. The third-order valence-electron chi connectivity index (χ3n) is 4.54. The van der Waals surface area contributed by atoms with Gasteiger partial charge >= 0.3 is 0 Å². The summed E-state index contributed by atoms with van der Waals surface area (Å²) < 4.78 is 33.8. The van der Waals surface area contributed by atoms with E-state index in [1.54, 1.807) is 43.5 Å². The second-order valence-electron chi connectivity index (χ2n) is 6.99. The highest BCUT2D eigenvalue weighted by Crippen LogP contribution is 2.30. The van der Waals surface area contributed by atoms with Crippen molar-refractivity contribution in [3.05, 3.63) is 53.6 Å². The Bertz CT molecular complexity index is 939. The molecular weight excluding hydrogens is 376 g/mol. The number of hydrogen-bond donors (Lipinski definition) is 2. The average molecular weight is 405 g/mol. The minimum Gasteiger partial charge on any atom is -0.496 e. The van der Waals surface area contributed by atoms with Crippen LogP contribution in [0.3, 0.4) is 0 Å². The highest BCUT2D eigenvalue weighted by atomic mass is 32.2. The number of carbonyl (C=O) groups excluding carboxylic acids is 1. The van der Waals surface area contributed by atoms with Crippen LogP contribution >= 0.6 is 0 Å². The molecule has 0 saturated heterocycles. The van der Waals surface area contributed by atoms with Gasteiger partial charge in [-0.05, 0) is 55.2 Å². The number of anilines is 1. The monoisotopic (exact) mass is 404 g/mol. The fraction of sp³-hybridized carbons (Fsp3) is 0.381. The zero-order valence-electron chi connectivity index (χ0n) is 16.9. The molecule has 152 valence electrons. The molecule has 0 heterocycles. The Balaban J connectivity index is 2.38. The first-order valence-electron chi connectivity index (χ1n) is 9.30. The molecule has 2 rings (SSSR count). The number of carbonyl (C=O) groups is 1. The molecule has 0 aliphatic carbocycles. The van der Waals surface area contributed by atoms with Gasteiger partial charge in [-0.2, -0.15) is 0 Å². The van der Waals surface area contributed by atoms with Crippen LogP contribution in [0, 0.1) is 0 Å². The van der Waals surface area contributed by atoms with Gasteiger partial charge in [-0.25, -0.2) is 8.42 Å². The number of benzene rings is 2. The molecule has 2 N–H and O–H groups in total. The number of methoxy groups -OCH3 is 1. The van der Waals surface area contributed by atoms with Crippen LogP contribution in [0.5, 0.6) is 5.75 Å². The number of ether oxygens (including phenoxy) is 1. The quantitative estimate of drug-likeness (QED) is 0.692. The third-order valence-corrected chi connectivity index (χ3v) is 5.90. The van der Waals surface area contributed by atoms with Gasteiger partial charge in [-0.15, -0.1) is 0 Å². The number of hydrogen-bond acceptors (Lipinski definition) is 4. The summed E-state index contributed by atoms with van der Waals surface area (Å²) in [6.45, 7) is 7.80. The van der Waals surface area contributed by atoms with Crippen molar-refractivity contribution >= 4 is 21.6 Å². The van der Waals surface area contributed by atoms with Crippen LogP contribution in [0.4, 0.5) is 5.69 Å². The minimum absolute atomic E-state index is 0.00708. The first-order valence-corrected chi connectivity index (χ1v) is 10.8. The Morgan fingerprint density at radius 3 is 2.39 bits per heavy atom. The molecule has 0 aliphatic rings. The van der Waals surface area contributed by atoms with E-state index in [0.717, 1.165) is 12.0 Å². The zero-order chi connectivity index (χ0) is 20.9. The van der Waals surface area contributed by atoms with Crippen LogP contribution in [-0.2, 0) is 10.0 Å². The van der Waals surface area contributed by atoms with Crippen molar-refractivity contribution in [1.29, 1.82) is 0 Å². The Kier molecular flexibility index (Phi) is 7.07. The number of nitrogens with one attached hydrogen (secondary N) is 2. The van der Waals surface area contributed by atoms with Gasteiger partial charge in [0, 0.05) is 6.04 Å². The summed E-state index contributed by atoms with van der Waals surface area (Å²) in [7, 11) is -2.31. The number of sulfonamides is 1. The number of para-hydroxylation sites is 1. The predicted octanol–water partition coefficient (Wildman–Crippen LogP) is 4.15. The van der Waals surface area contributed by atoms with Crippen molar-refractivity contribution in [3.63, 3.8) is 0 Å². The highest BCUT2D eigenvalue weighted by Gasteiger charge is 2.21. The van der Waals surface area contributed by atoms with E-state index in [1.165, 1.54) is 6.07 Å². The maximum Gasteiger partial charge on any atom is 0.261 e. The van der Waals surface area contributed by atoms with Crippen molar-refractivity contribution in [2.75, 3.05) is 11.8 Å².